The van der Waals surface area contributed by atoms with Gasteiger partial charge in [0.1, 0.15) is 0 Å². The van der Waals surface area contributed by atoms with E-state index < -0.39 is 24.4 Å². The molecule has 1 atom stereocenters. The van der Waals surface area contributed by atoms with E-state index in [2.05, 4.69) is 0 Å². The van der Waals surface area contributed by atoms with Crippen molar-refractivity contribution in [1.82, 2.24) is 4.90 Å². The van der Waals surface area contributed by atoms with E-state index in [0.717, 1.165) is 7.05 Å². The van der Waals surface area contributed by atoms with Crippen LogP contribution in [0, 0.1) is 0 Å². The predicted molar refractivity (Wildman–Crippen MR) is 44.9 cm³/mol. The topological polar surface area (TPSA) is 40.5 Å². The molecule has 1 N–H and O–H groups in total. The maximum absolute atomic E-state index is 12.5. The summed E-state index contributed by atoms with van der Waals surface area (Å²) in [7, 11) is 0.987. The average Bonchev–Trinajstić information content (AvgIpc) is 2.12. The summed E-state index contributed by atoms with van der Waals surface area (Å²) in [4.78, 5) is 11.3. The summed E-state index contributed by atoms with van der Waals surface area (Å²) in [5.74, 6) is -6.59. The Morgan fingerprint density at radius 1 is 1.47 bits per heavy atom. The van der Waals surface area contributed by atoms with Gasteiger partial charge in [0, 0.05) is 13.6 Å². The zero-order valence-corrected chi connectivity index (χ0v) is 8.38. The molecule has 0 spiro atoms. The van der Waals surface area contributed by atoms with Crippen molar-refractivity contribution in [3.63, 3.8) is 0 Å². The van der Waals surface area contributed by atoms with Crippen LogP contribution in [0.5, 0.6) is 0 Å². The monoisotopic (exact) mass is 231 g/mol. The minimum absolute atomic E-state index is 0.0571. The summed E-state index contributed by atoms with van der Waals surface area (Å²) in [6.45, 7) is 1.21. The molecule has 0 aromatic heterocycles. The van der Waals surface area contributed by atoms with Crippen LogP contribution in [-0.4, -0.2) is 48.0 Å². The van der Waals surface area contributed by atoms with Gasteiger partial charge in [-0.15, -0.1) is 0 Å². The van der Waals surface area contributed by atoms with E-state index in [1.54, 1.807) is 0 Å². The van der Waals surface area contributed by atoms with Crippen LogP contribution in [0.15, 0.2) is 0 Å². The zero-order valence-electron chi connectivity index (χ0n) is 8.38. The van der Waals surface area contributed by atoms with E-state index in [1.165, 1.54) is 6.92 Å². The second-order valence-electron chi connectivity index (χ2n) is 3.29. The Labute approximate surface area is 84.7 Å². The molecular weight excluding hydrogens is 218 g/mol. The first-order valence-electron chi connectivity index (χ1n) is 4.29. The van der Waals surface area contributed by atoms with Crippen molar-refractivity contribution in [2.75, 3.05) is 13.6 Å². The first kappa shape index (κ1) is 14.2. The second kappa shape index (κ2) is 5.29. The zero-order chi connectivity index (χ0) is 12.2. The van der Waals surface area contributed by atoms with Crippen molar-refractivity contribution in [2.24, 2.45) is 0 Å². The lowest BCUT2D eigenvalue weighted by molar-refractivity contribution is -0.179. The quantitative estimate of drug-likeness (QED) is 0.720. The van der Waals surface area contributed by atoms with Crippen molar-refractivity contribution in [3.05, 3.63) is 0 Å². The highest BCUT2D eigenvalue weighted by Gasteiger charge is 2.50. The van der Waals surface area contributed by atoms with Crippen molar-refractivity contribution in [1.29, 1.82) is 0 Å². The lowest BCUT2D eigenvalue weighted by Crippen LogP contribution is -2.46. The fourth-order valence-corrected chi connectivity index (χ4v) is 0.830. The summed E-state index contributed by atoms with van der Waals surface area (Å²) >= 11 is 0. The van der Waals surface area contributed by atoms with Crippen LogP contribution in [0.3, 0.4) is 0 Å². The van der Waals surface area contributed by atoms with Crippen LogP contribution in [0.2, 0.25) is 0 Å². The standard InChI is InChI=1S/C8H13F4NO2/c1-5(14)3-4-13(2)7(15)8(11,12)6(9)10/h5-6,14H,3-4H2,1-2H3. The van der Waals surface area contributed by atoms with Crippen molar-refractivity contribution in [2.45, 2.75) is 31.8 Å². The number of aliphatic hydroxyl groups is 1. The molecule has 0 aromatic rings. The number of carbonyl (C=O) groups excluding carboxylic acids is 1. The number of halogens is 4. The minimum atomic E-state index is -4.66. The number of hydrogen-bond acceptors (Lipinski definition) is 2. The van der Waals surface area contributed by atoms with Crippen LogP contribution in [0.1, 0.15) is 13.3 Å². The van der Waals surface area contributed by atoms with Gasteiger partial charge in [-0.25, -0.2) is 8.78 Å². The smallest absolute Gasteiger partial charge is 0.383 e. The van der Waals surface area contributed by atoms with Crippen LogP contribution in [-0.2, 0) is 4.79 Å². The lowest BCUT2D eigenvalue weighted by atomic mass is 10.2. The average molecular weight is 231 g/mol. The fraction of sp³-hybridized carbons (Fsp3) is 0.875. The van der Waals surface area contributed by atoms with Gasteiger partial charge in [0.15, 0.2) is 0 Å². The Morgan fingerprint density at radius 3 is 2.27 bits per heavy atom. The van der Waals surface area contributed by atoms with Gasteiger partial charge in [0.2, 0.25) is 0 Å². The first-order valence-corrected chi connectivity index (χ1v) is 4.29. The van der Waals surface area contributed by atoms with Gasteiger partial charge in [-0.05, 0) is 13.3 Å². The van der Waals surface area contributed by atoms with E-state index in [1.807, 2.05) is 0 Å². The molecule has 0 aliphatic carbocycles. The number of rotatable bonds is 5. The van der Waals surface area contributed by atoms with Crippen LogP contribution in [0.4, 0.5) is 17.6 Å². The van der Waals surface area contributed by atoms with Crippen molar-refractivity contribution in [3.8, 4) is 0 Å². The fourth-order valence-electron chi connectivity index (χ4n) is 0.830. The third-order valence-electron chi connectivity index (χ3n) is 1.79. The lowest BCUT2D eigenvalue weighted by Gasteiger charge is -2.23. The maximum atomic E-state index is 12.5. The summed E-state index contributed by atoms with van der Waals surface area (Å²) in [5, 5.41) is 8.82. The van der Waals surface area contributed by atoms with E-state index >= 15 is 0 Å². The summed E-state index contributed by atoms with van der Waals surface area (Å²) < 4.78 is 48.6. The van der Waals surface area contributed by atoms with Gasteiger partial charge in [-0.3, -0.25) is 4.79 Å². The van der Waals surface area contributed by atoms with Gasteiger partial charge in [0.25, 0.3) is 5.91 Å². The van der Waals surface area contributed by atoms with Crippen LogP contribution in [0.25, 0.3) is 0 Å². The van der Waals surface area contributed by atoms with Crippen LogP contribution < -0.4 is 0 Å². The molecule has 0 bridgehead atoms. The van der Waals surface area contributed by atoms with E-state index in [4.69, 9.17) is 5.11 Å². The Hall–Kier alpha value is -0.850. The molecule has 0 fully saturated rings. The highest BCUT2D eigenvalue weighted by Crippen LogP contribution is 2.24. The number of alkyl halides is 4. The Morgan fingerprint density at radius 2 is 1.93 bits per heavy atom. The minimum Gasteiger partial charge on any atom is -0.393 e. The number of carbonyl (C=O) groups is 1. The summed E-state index contributed by atoms with van der Waals surface area (Å²) in [6, 6.07) is 0. The largest absolute Gasteiger partial charge is 0.393 e. The normalized spacial score (nSPS) is 14.1. The molecule has 90 valence electrons. The van der Waals surface area contributed by atoms with Gasteiger partial charge in [-0.2, -0.15) is 8.78 Å². The molecule has 0 saturated heterocycles. The molecule has 0 saturated carbocycles. The van der Waals surface area contributed by atoms with Gasteiger partial charge >= 0.3 is 12.3 Å². The van der Waals surface area contributed by atoms with Crippen molar-refractivity contribution >= 4 is 5.91 Å². The predicted octanol–water partition coefficient (Wildman–Crippen LogP) is 1.12. The Bertz CT molecular complexity index is 221. The molecule has 15 heavy (non-hydrogen) atoms. The number of nitrogens with zero attached hydrogens (tertiary/aromatic N) is 1. The first-order chi connectivity index (χ1) is 6.69. The second-order valence-corrected chi connectivity index (χ2v) is 3.29. The highest BCUT2D eigenvalue weighted by molar-refractivity contribution is 5.83. The van der Waals surface area contributed by atoms with Gasteiger partial charge in [0.05, 0.1) is 6.10 Å². The highest BCUT2D eigenvalue weighted by atomic mass is 19.3. The van der Waals surface area contributed by atoms with Crippen LogP contribution >= 0.6 is 0 Å². The number of hydrogen-bond donors (Lipinski definition) is 1. The Balaban J connectivity index is 4.31. The summed E-state index contributed by atoms with van der Waals surface area (Å²) in [6.07, 6.45) is -4.74. The van der Waals surface area contributed by atoms with Gasteiger partial charge in [-0.1, -0.05) is 0 Å². The molecular formula is C8H13F4NO2. The molecule has 0 aliphatic heterocycles. The molecule has 1 unspecified atom stereocenters. The van der Waals surface area contributed by atoms with Gasteiger partial charge < -0.3 is 10.0 Å². The molecule has 0 rings (SSSR count). The molecule has 7 heteroatoms. The molecule has 3 nitrogen and oxygen atoms in total. The number of aliphatic hydroxyl groups excluding tert-OH is 1. The van der Waals surface area contributed by atoms with E-state index in [-0.39, 0.29) is 13.0 Å². The third-order valence-corrected chi connectivity index (χ3v) is 1.79. The number of amides is 1. The SMILES string of the molecule is CC(O)CCN(C)C(=O)C(F)(F)C(F)F. The van der Waals surface area contributed by atoms with E-state index in [0.29, 0.717) is 4.90 Å². The van der Waals surface area contributed by atoms with E-state index in [9.17, 15) is 22.4 Å². The molecule has 0 aromatic carbocycles. The Kier molecular flexibility index (Phi) is 4.99. The molecule has 0 aliphatic rings. The van der Waals surface area contributed by atoms with Crippen molar-refractivity contribution < 1.29 is 27.5 Å². The maximum Gasteiger partial charge on any atom is 0.383 e. The summed E-state index contributed by atoms with van der Waals surface area (Å²) in [5.41, 5.74) is 0. The third kappa shape index (κ3) is 4.03. The molecule has 1 amide bonds. The molecule has 0 radical (unpaired) electrons. The molecule has 0 heterocycles.